The first-order valence-corrected chi connectivity index (χ1v) is 7.53. The van der Waals surface area contributed by atoms with Gasteiger partial charge in [-0.3, -0.25) is 14.6 Å². The van der Waals surface area contributed by atoms with Crippen LogP contribution < -0.4 is 11.1 Å². The normalized spacial score (nSPS) is 15.1. The molecule has 0 unspecified atom stereocenters. The SMILES string of the molecule is Cl.N[C@H](CNC(=O)c1cc2nccc(C3CC3)c2s1)C(=O)O. The van der Waals surface area contributed by atoms with Gasteiger partial charge in [-0.1, -0.05) is 0 Å². The zero-order valence-electron chi connectivity index (χ0n) is 11.6. The maximum Gasteiger partial charge on any atom is 0.322 e. The Bertz CT molecular complexity index is 714. The Balaban J connectivity index is 0.00000176. The maximum atomic E-state index is 12.1. The first-order valence-electron chi connectivity index (χ1n) is 6.71. The molecule has 1 aliphatic rings. The molecule has 118 valence electrons. The number of aromatic nitrogens is 1. The Morgan fingerprint density at radius 2 is 2.23 bits per heavy atom. The van der Waals surface area contributed by atoms with Crippen LogP contribution in [0.1, 0.15) is 34.0 Å². The van der Waals surface area contributed by atoms with Crippen molar-refractivity contribution in [3.05, 3.63) is 28.8 Å². The summed E-state index contributed by atoms with van der Waals surface area (Å²) in [6.45, 7) is -0.0919. The van der Waals surface area contributed by atoms with Crippen LogP contribution in [0.3, 0.4) is 0 Å². The topological polar surface area (TPSA) is 105 Å². The number of hydrogen-bond donors (Lipinski definition) is 3. The molecule has 0 aromatic carbocycles. The third-order valence-electron chi connectivity index (χ3n) is 3.48. The summed E-state index contributed by atoms with van der Waals surface area (Å²) in [4.78, 5) is 27.5. The molecule has 8 heteroatoms. The van der Waals surface area contributed by atoms with Crippen LogP contribution in [0.25, 0.3) is 10.2 Å². The Kier molecular flexibility index (Phi) is 5.00. The van der Waals surface area contributed by atoms with Crippen LogP contribution in [0.15, 0.2) is 18.3 Å². The molecule has 3 rings (SSSR count). The maximum absolute atomic E-state index is 12.1. The first kappa shape index (κ1) is 16.7. The van der Waals surface area contributed by atoms with E-state index in [0.29, 0.717) is 10.8 Å². The number of halogens is 1. The third-order valence-corrected chi connectivity index (χ3v) is 4.66. The van der Waals surface area contributed by atoms with Crippen molar-refractivity contribution in [2.45, 2.75) is 24.8 Å². The van der Waals surface area contributed by atoms with Gasteiger partial charge < -0.3 is 16.2 Å². The van der Waals surface area contributed by atoms with Crippen molar-refractivity contribution in [2.75, 3.05) is 6.54 Å². The van der Waals surface area contributed by atoms with Crippen molar-refractivity contribution in [1.82, 2.24) is 10.3 Å². The van der Waals surface area contributed by atoms with Gasteiger partial charge in [-0.25, -0.2) is 0 Å². The fraction of sp³-hybridized carbons (Fsp3) is 0.357. The molecule has 2 aromatic heterocycles. The lowest BCUT2D eigenvalue weighted by atomic mass is 10.1. The molecule has 1 saturated carbocycles. The zero-order valence-corrected chi connectivity index (χ0v) is 13.2. The first-order chi connectivity index (χ1) is 10.1. The van der Waals surface area contributed by atoms with Crippen LogP contribution in [-0.4, -0.2) is 34.6 Å². The minimum atomic E-state index is -1.13. The summed E-state index contributed by atoms with van der Waals surface area (Å²) in [5, 5.41) is 11.2. The lowest BCUT2D eigenvalue weighted by Crippen LogP contribution is -2.42. The standard InChI is InChI=1S/C14H15N3O3S.ClH/c15-9(14(19)20)6-17-13(18)11-5-10-12(21-11)8(3-4-16-10)7-1-2-7;/h3-5,7,9H,1-2,6,15H2,(H,17,18)(H,19,20);1H/t9-;/m1./s1. The molecule has 1 atom stereocenters. The quantitative estimate of drug-likeness (QED) is 0.768. The molecule has 0 spiro atoms. The minimum Gasteiger partial charge on any atom is -0.480 e. The number of nitrogens with two attached hydrogens (primary N) is 1. The van der Waals surface area contributed by atoms with E-state index >= 15 is 0 Å². The van der Waals surface area contributed by atoms with Crippen molar-refractivity contribution in [3.8, 4) is 0 Å². The predicted molar refractivity (Wildman–Crippen MR) is 86.8 cm³/mol. The van der Waals surface area contributed by atoms with Gasteiger partial charge in [-0.05, 0) is 36.5 Å². The minimum absolute atomic E-state index is 0. The number of carbonyl (C=O) groups excluding carboxylic acids is 1. The summed E-state index contributed by atoms with van der Waals surface area (Å²) in [5.41, 5.74) is 7.44. The van der Waals surface area contributed by atoms with Gasteiger partial charge >= 0.3 is 5.97 Å². The van der Waals surface area contributed by atoms with Gasteiger partial charge in [0.15, 0.2) is 0 Å². The van der Waals surface area contributed by atoms with E-state index in [1.54, 1.807) is 12.3 Å². The van der Waals surface area contributed by atoms with Gasteiger partial charge in [0.2, 0.25) is 0 Å². The van der Waals surface area contributed by atoms with Crippen LogP contribution in [-0.2, 0) is 4.79 Å². The van der Waals surface area contributed by atoms with Crippen molar-refractivity contribution in [2.24, 2.45) is 5.73 Å². The van der Waals surface area contributed by atoms with Gasteiger partial charge in [0.1, 0.15) is 6.04 Å². The van der Waals surface area contributed by atoms with Crippen LogP contribution in [0.4, 0.5) is 0 Å². The summed E-state index contributed by atoms with van der Waals surface area (Å²) < 4.78 is 1.05. The van der Waals surface area contributed by atoms with E-state index in [0.717, 1.165) is 10.2 Å². The number of aliphatic carboxylic acids is 1. The molecular weight excluding hydrogens is 326 g/mol. The van der Waals surface area contributed by atoms with Crippen molar-refractivity contribution < 1.29 is 14.7 Å². The smallest absolute Gasteiger partial charge is 0.322 e. The highest BCUT2D eigenvalue weighted by Gasteiger charge is 2.27. The summed E-state index contributed by atoms with van der Waals surface area (Å²) in [6, 6.07) is 2.66. The number of thiophene rings is 1. The molecule has 1 fully saturated rings. The fourth-order valence-electron chi connectivity index (χ4n) is 2.16. The second-order valence-corrected chi connectivity index (χ2v) is 6.21. The van der Waals surface area contributed by atoms with E-state index < -0.39 is 12.0 Å². The molecule has 1 aliphatic carbocycles. The molecule has 2 aromatic rings. The van der Waals surface area contributed by atoms with E-state index in [4.69, 9.17) is 10.8 Å². The Labute approximate surface area is 137 Å². The Morgan fingerprint density at radius 1 is 1.50 bits per heavy atom. The molecule has 4 N–H and O–H groups in total. The molecule has 0 saturated heterocycles. The number of carboxylic acids is 1. The van der Waals surface area contributed by atoms with E-state index in [1.165, 1.54) is 29.7 Å². The molecular formula is C14H16ClN3O3S. The molecule has 0 radical (unpaired) electrons. The number of fused-ring (bicyclic) bond motifs is 1. The van der Waals surface area contributed by atoms with Crippen LogP contribution >= 0.6 is 23.7 Å². The number of pyridine rings is 1. The number of carboxylic acid groups (broad SMARTS) is 1. The average Bonchev–Trinajstić information content (AvgIpc) is 3.21. The second-order valence-electron chi connectivity index (χ2n) is 5.15. The van der Waals surface area contributed by atoms with Crippen LogP contribution in [0.5, 0.6) is 0 Å². The summed E-state index contributed by atoms with van der Waals surface area (Å²) in [6.07, 6.45) is 4.14. The number of rotatable bonds is 5. The average molecular weight is 342 g/mol. The molecule has 6 nitrogen and oxygen atoms in total. The summed E-state index contributed by atoms with van der Waals surface area (Å²) >= 11 is 1.40. The molecule has 0 bridgehead atoms. The fourth-order valence-corrected chi connectivity index (χ4v) is 3.29. The van der Waals surface area contributed by atoms with E-state index in [2.05, 4.69) is 10.3 Å². The van der Waals surface area contributed by atoms with E-state index in [1.807, 2.05) is 6.07 Å². The molecule has 1 amide bonds. The van der Waals surface area contributed by atoms with Gasteiger partial charge in [-0.15, -0.1) is 23.7 Å². The number of hydrogen-bond acceptors (Lipinski definition) is 5. The lowest BCUT2D eigenvalue weighted by Gasteiger charge is -2.06. The van der Waals surface area contributed by atoms with E-state index in [-0.39, 0.29) is 24.9 Å². The lowest BCUT2D eigenvalue weighted by molar-refractivity contribution is -0.138. The van der Waals surface area contributed by atoms with Crippen molar-refractivity contribution >= 4 is 45.8 Å². The number of nitrogens with zero attached hydrogens (tertiary/aromatic N) is 1. The third kappa shape index (κ3) is 3.37. The van der Waals surface area contributed by atoms with Gasteiger partial charge in [-0.2, -0.15) is 0 Å². The molecule has 0 aliphatic heterocycles. The largest absolute Gasteiger partial charge is 0.480 e. The van der Waals surface area contributed by atoms with Crippen molar-refractivity contribution in [1.29, 1.82) is 0 Å². The highest BCUT2D eigenvalue weighted by atomic mass is 35.5. The molecule has 2 heterocycles. The highest BCUT2D eigenvalue weighted by Crippen LogP contribution is 2.44. The van der Waals surface area contributed by atoms with Gasteiger partial charge in [0.25, 0.3) is 5.91 Å². The number of amides is 1. The van der Waals surface area contributed by atoms with E-state index in [9.17, 15) is 9.59 Å². The predicted octanol–water partition coefficient (Wildman–Crippen LogP) is 1.74. The Hall–Kier alpha value is -1.70. The molecule has 22 heavy (non-hydrogen) atoms. The van der Waals surface area contributed by atoms with Crippen LogP contribution in [0, 0.1) is 0 Å². The highest BCUT2D eigenvalue weighted by molar-refractivity contribution is 7.21. The second kappa shape index (κ2) is 6.60. The number of carbonyl (C=O) groups is 2. The van der Waals surface area contributed by atoms with Gasteiger partial charge in [0, 0.05) is 12.7 Å². The van der Waals surface area contributed by atoms with Crippen LogP contribution in [0.2, 0.25) is 0 Å². The zero-order chi connectivity index (χ0) is 15.0. The Morgan fingerprint density at radius 3 is 2.86 bits per heavy atom. The van der Waals surface area contributed by atoms with Gasteiger partial charge in [0.05, 0.1) is 15.1 Å². The van der Waals surface area contributed by atoms with Crippen molar-refractivity contribution in [3.63, 3.8) is 0 Å². The summed E-state index contributed by atoms with van der Waals surface area (Å²) in [5.74, 6) is -0.855. The summed E-state index contributed by atoms with van der Waals surface area (Å²) in [7, 11) is 0. The number of nitrogens with one attached hydrogen (secondary N) is 1. The monoisotopic (exact) mass is 341 g/mol.